The standard InChI is InChI=1S/C28H33N3O4/c1-4-7-17-29(18-8-5-2)23(6-3)24(30-25(32)19-13-9-10-14-20(19)26(30)33)31-27(34)21-15-11-12-16-22(21)28(31)35/h9-16,23-24H,4-8,17-18H2,1-3H3. The summed E-state index contributed by atoms with van der Waals surface area (Å²) in [6.07, 6.45) is 3.40. The highest BCUT2D eigenvalue weighted by Gasteiger charge is 2.51. The van der Waals surface area contributed by atoms with Gasteiger partial charge in [-0.05, 0) is 56.6 Å². The molecule has 2 aliphatic heterocycles. The Morgan fingerprint density at radius 3 is 1.26 bits per heavy atom. The number of imide groups is 2. The van der Waals surface area contributed by atoms with Crippen molar-refractivity contribution < 1.29 is 19.2 Å². The van der Waals surface area contributed by atoms with Crippen LogP contribution >= 0.6 is 0 Å². The van der Waals surface area contributed by atoms with Crippen LogP contribution in [-0.2, 0) is 0 Å². The number of hydrogen-bond donors (Lipinski definition) is 0. The highest BCUT2D eigenvalue weighted by molar-refractivity contribution is 6.24. The second-order valence-electron chi connectivity index (χ2n) is 9.18. The minimum atomic E-state index is -1.03. The Labute approximate surface area is 206 Å². The van der Waals surface area contributed by atoms with Gasteiger partial charge in [-0.1, -0.05) is 57.9 Å². The van der Waals surface area contributed by atoms with Crippen molar-refractivity contribution in [2.24, 2.45) is 0 Å². The molecule has 2 aliphatic rings. The summed E-state index contributed by atoms with van der Waals surface area (Å²) in [5.41, 5.74) is 1.23. The number of unbranched alkanes of at least 4 members (excludes halogenated alkanes) is 2. The van der Waals surface area contributed by atoms with Gasteiger partial charge in [-0.15, -0.1) is 0 Å². The second kappa shape index (κ2) is 10.5. The molecule has 35 heavy (non-hydrogen) atoms. The van der Waals surface area contributed by atoms with Crippen LogP contribution in [0.1, 0.15) is 94.3 Å². The van der Waals surface area contributed by atoms with Gasteiger partial charge in [0.15, 0.2) is 0 Å². The molecular formula is C28H33N3O4. The highest BCUT2D eigenvalue weighted by atomic mass is 16.2. The topological polar surface area (TPSA) is 78.0 Å². The van der Waals surface area contributed by atoms with E-state index in [1.807, 2.05) is 6.92 Å². The van der Waals surface area contributed by atoms with Crippen molar-refractivity contribution in [3.8, 4) is 0 Å². The van der Waals surface area contributed by atoms with E-state index in [1.54, 1.807) is 48.5 Å². The second-order valence-corrected chi connectivity index (χ2v) is 9.18. The molecule has 4 amide bonds. The SMILES string of the molecule is CCCCN(CCCC)C(CC)C(N1C(=O)c2ccccc2C1=O)N1C(=O)c2ccccc2C1=O. The maximum Gasteiger partial charge on any atom is 0.263 e. The molecule has 2 aromatic rings. The van der Waals surface area contributed by atoms with Crippen molar-refractivity contribution in [3.05, 3.63) is 70.8 Å². The van der Waals surface area contributed by atoms with Crippen molar-refractivity contribution in [2.45, 2.75) is 65.1 Å². The molecule has 2 aromatic carbocycles. The number of hydrogen-bond acceptors (Lipinski definition) is 5. The quantitative estimate of drug-likeness (QED) is 0.445. The molecule has 7 nitrogen and oxygen atoms in total. The highest BCUT2D eigenvalue weighted by Crippen LogP contribution is 2.34. The fourth-order valence-electron chi connectivity index (χ4n) is 5.18. The molecule has 2 heterocycles. The molecule has 0 saturated carbocycles. The first-order valence-corrected chi connectivity index (χ1v) is 12.6. The third-order valence-electron chi connectivity index (χ3n) is 7.01. The van der Waals surface area contributed by atoms with Crippen molar-refractivity contribution >= 4 is 23.6 Å². The fourth-order valence-corrected chi connectivity index (χ4v) is 5.18. The maximum absolute atomic E-state index is 13.6. The van der Waals surface area contributed by atoms with E-state index in [9.17, 15) is 19.2 Å². The maximum atomic E-state index is 13.6. The number of nitrogens with zero attached hydrogens (tertiary/aromatic N) is 3. The zero-order valence-corrected chi connectivity index (χ0v) is 20.7. The Balaban J connectivity index is 1.83. The van der Waals surface area contributed by atoms with Gasteiger partial charge in [-0.25, -0.2) is 0 Å². The van der Waals surface area contributed by atoms with Gasteiger partial charge in [0.1, 0.15) is 6.17 Å². The average molecular weight is 476 g/mol. The van der Waals surface area contributed by atoms with Crippen LogP contribution in [-0.4, -0.2) is 63.6 Å². The van der Waals surface area contributed by atoms with Gasteiger partial charge in [0.2, 0.25) is 0 Å². The Kier molecular flexibility index (Phi) is 7.45. The first-order valence-electron chi connectivity index (χ1n) is 12.6. The normalized spacial score (nSPS) is 16.0. The van der Waals surface area contributed by atoms with Crippen LogP contribution in [0.15, 0.2) is 48.5 Å². The number of benzene rings is 2. The molecule has 184 valence electrons. The van der Waals surface area contributed by atoms with Gasteiger partial charge in [0, 0.05) is 6.04 Å². The fraction of sp³-hybridized carbons (Fsp3) is 0.429. The molecular weight excluding hydrogens is 442 g/mol. The molecule has 0 fully saturated rings. The summed E-state index contributed by atoms with van der Waals surface area (Å²) in [7, 11) is 0. The largest absolute Gasteiger partial charge is 0.296 e. The lowest BCUT2D eigenvalue weighted by Gasteiger charge is -2.43. The van der Waals surface area contributed by atoms with Crippen molar-refractivity contribution in [1.29, 1.82) is 0 Å². The van der Waals surface area contributed by atoms with E-state index in [0.29, 0.717) is 28.7 Å². The Hall–Kier alpha value is -3.32. The molecule has 1 atom stereocenters. The summed E-state index contributed by atoms with van der Waals surface area (Å²) >= 11 is 0. The van der Waals surface area contributed by atoms with E-state index in [-0.39, 0.29) is 6.04 Å². The molecule has 0 saturated heterocycles. The Bertz CT molecular complexity index is 991. The molecule has 0 bridgehead atoms. The van der Waals surface area contributed by atoms with Crippen LogP contribution in [0.5, 0.6) is 0 Å². The number of amides is 4. The lowest BCUT2D eigenvalue weighted by Crippen LogP contribution is -2.63. The lowest BCUT2D eigenvalue weighted by molar-refractivity contribution is 0.000799. The molecule has 0 aliphatic carbocycles. The van der Waals surface area contributed by atoms with Crippen LogP contribution in [0.25, 0.3) is 0 Å². The third kappa shape index (κ3) is 4.29. The van der Waals surface area contributed by atoms with Gasteiger partial charge in [-0.3, -0.25) is 33.9 Å². The zero-order valence-electron chi connectivity index (χ0n) is 20.7. The minimum absolute atomic E-state index is 0.308. The van der Waals surface area contributed by atoms with E-state index in [1.165, 1.54) is 0 Å². The summed E-state index contributed by atoms with van der Waals surface area (Å²) in [5.74, 6) is -1.85. The van der Waals surface area contributed by atoms with Crippen LogP contribution < -0.4 is 0 Å². The number of rotatable bonds is 11. The smallest absolute Gasteiger partial charge is 0.263 e. The number of carbonyl (C=O) groups excluding carboxylic acids is 4. The number of fused-ring (bicyclic) bond motifs is 2. The molecule has 0 N–H and O–H groups in total. The van der Waals surface area contributed by atoms with E-state index in [2.05, 4.69) is 18.7 Å². The minimum Gasteiger partial charge on any atom is -0.296 e. The monoisotopic (exact) mass is 475 g/mol. The summed E-state index contributed by atoms with van der Waals surface area (Å²) in [4.78, 5) is 59.0. The van der Waals surface area contributed by atoms with Crippen LogP contribution in [0.4, 0.5) is 0 Å². The summed E-state index contributed by atoms with van der Waals surface area (Å²) in [5, 5.41) is 0. The predicted molar refractivity (Wildman–Crippen MR) is 133 cm³/mol. The van der Waals surface area contributed by atoms with Gasteiger partial charge in [-0.2, -0.15) is 0 Å². The molecule has 0 aromatic heterocycles. The summed E-state index contributed by atoms with van der Waals surface area (Å²) in [6.45, 7) is 7.74. The first-order chi connectivity index (χ1) is 17.0. The Morgan fingerprint density at radius 2 is 0.971 bits per heavy atom. The van der Waals surface area contributed by atoms with Crippen molar-refractivity contribution in [3.63, 3.8) is 0 Å². The van der Waals surface area contributed by atoms with E-state index >= 15 is 0 Å². The predicted octanol–water partition coefficient (Wildman–Crippen LogP) is 4.59. The van der Waals surface area contributed by atoms with Crippen LogP contribution in [0.2, 0.25) is 0 Å². The molecule has 0 radical (unpaired) electrons. The van der Waals surface area contributed by atoms with E-state index in [0.717, 1.165) is 48.6 Å². The number of carbonyl (C=O) groups is 4. The molecule has 0 spiro atoms. The average Bonchev–Trinajstić information content (AvgIpc) is 3.28. The zero-order chi connectivity index (χ0) is 25.1. The molecule has 1 unspecified atom stereocenters. The molecule has 4 rings (SSSR count). The van der Waals surface area contributed by atoms with Gasteiger partial charge in [0.05, 0.1) is 22.3 Å². The van der Waals surface area contributed by atoms with Crippen molar-refractivity contribution in [1.82, 2.24) is 14.7 Å². The summed E-state index contributed by atoms with van der Waals surface area (Å²) in [6, 6.07) is 13.0. The van der Waals surface area contributed by atoms with E-state index in [4.69, 9.17) is 0 Å². The van der Waals surface area contributed by atoms with Crippen LogP contribution in [0.3, 0.4) is 0 Å². The van der Waals surface area contributed by atoms with Crippen molar-refractivity contribution in [2.75, 3.05) is 13.1 Å². The first kappa shape index (κ1) is 24.8. The summed E-state index contributed by atoms with van der Waals surface area (Å²) < 4.78 is 0. The third-order valence-corrected chi connectivity index (χ3v) is 7.01. The van der Waals surface area contributed by atoms with Crippen LogP contribution in [0, 0.1) is 0 Å². The molecule has 7 heteroatoms. The van der Waals surface area contributed by atoms with Gasteiger partial charge < -0.3 is 0 Å². The van der Waals surface area contributed by atoms with E-state index < -0.39 is 29.8 Å². The van der Waals surface area contributed by atoms with Gasteiger partial charge >= 0.3 is 0 Å². The lowest BCUT2D eigenvalue weighted by atomic mass is 10.0. The Morgan fingerprint density at radius 1 is 0.629 bits per heavy atom. The van der Waals surface area contributed by atoms with Gasteiger partial charge in [0.25, 0.3) is 23.6 Å².